The summed E-state index contributed by atoms with van der Waals surface area (Å²) in [6.45, 7) is 0. The van der Waals surface area contributed by atoms with Crippen LogP contribution in [-0.2, 0) is 12.8 Å². The van der Waals surface area contributed by atoms with Crippen molar-refractivity contribution in [2.75, 3.05) is 0 Å². The van der Waals surface area contributed by atoms with Gasteiger partial charge in [0.1, 0.15) is 5.75 Å². The summed E-state index contributed by atoms with van der Waals surface area (Å²) in [7, 11) is 0. The summed E-state index contributed by atoms with van der Waals surface area (Å²) in [5.74, 6) is 0.250. The molecule has 2 nitrogen and oxygen atoms in total. The van der Waals surface area contributed by atoms with Crippen LogP contribution in [0.3, 0.4) is 0 Å². The Balaban J connectivity index is 2.07. The number of benzene rings is 2. The van der Waals surface area contributed by atoms with Crippen LogP contribution in [0.1, 0.15) is 11.1 Å². The number of rotatable bonds is 4. The van der Waals surface area contributed by atoms with Crippen molar-refractivity contribution in [2.24, 2.45) is 5.73 Å². The number of halogens is 2. The summed E-state index contributed by atoms with van der Waals surface area (Å²) in [4.78, 5) is 0. The van der Waals surface area contributed by atoms with Crippen LogP contribution in [-0.4, -0.2) is 11.1 Å². The Bertz CT molecular complexity index is 552. The average molecular weight is 296 g/mol. The van der Waals surface area contributed by atoms with E-state index in [-0.39, 0.29) is 11.8 Å². The van der Waals surface area contributed by atoms with Crippen molar-refractivity contribution in [3.05, 3.63) is 63.6 Å². The second kappa shape index (κ2) is 6.29. The Hall–Kier alpha value is -1.22. The van der Waals surface area contributed by atoms with Crippen LogP contribution in [0.4, 0.5) is 0 Å². The van der Waals surface area contributed by atoms with E-state index in [4.69, 9.17) is 28.9 Å². The molecule has 2 aromatic carbocycles. The van der Waals surface area contributed by atoms with Crippen molar-refractivity contribution < 1.29 is 5.11 Å². The van der Waals surface area contributed by atoms with Gasteiger partial charge in [-0.15, -0.1) is 0 Å². The van der Waals surface area contributed by atoms with Crippen LogP contribution >= 0.6 is 23.2 Å². The SMILES string of the molecule is NC(Cc1cccc(O)c1)Cc1c(Cl)cccc1Cl. The lowest BCUT2D eigenvalue weighted by atomic mass is 9.99. The number of phenolic OH excluding ortho intramolecular Hbond substituents is 1. The van der Waals surface area contributed by atoms with Gasteiger partial charge in [-0.1, -0.05) is 41.4 Å². The van der Waals surface area contributed by atoms with Gasteiger partial charge in [0.2, 0.25) is 0 Å². The Morgan fingerprint density at radius 2 is 1.63 bits per heavy atom. The molecule has 4 heteroatoms. The van der Waals surface area contributed by atoms with Crippen LogP contribution < -0.4 is 5.73 Å². The first-order chi connectivity index (χ1) is 9.06. The minimum Gasteiger partial charge on any atom is -0.508 e. The predicted molar refractivity (Wildman–Crippen MR) is 80.0 cm³/mol. The molecule has 100 valence electrons. The summed E-state index contributed by atoms with van der Waals surface area (Å²) < 4.78 is 0. The molecule has 1 atom stereocenters. The molecule has 0 radical (unpaired) electrons. The van der Waals surface area contributed by atoms with Gasteiger partial charge in [-0.05, 0) is 48.2 Å². The molecule has 3 N–H and O–H groups in total. The fourth-order valence-electron chi connectivity index (χ4n) is 2.05. The highest BCUT2D eigenvalue weighted by molar-refractivity contribution is 6.36. The van der Waals surface area contributed by atoms with E-state index >= 15 is 0 Å². The van der Waals surface area contributed by atoms with Crippen molar-refractivity contribution in [2.45, 2.75) is 18.9 Å². The third-order valence-corrected chi connectivity index (χ3v) is 3.64. The van der Waals surface area contributed by atoms with E-state index in [1.54, 1.807) is 18.2 Å². The summed E-state index contributed by atoms with van der Waals surface area (Å²) in [5, 5.41) is 10.7. The van der Waals surface area contributed by atoms with Gasteiger partial charge < -0.3 is 10.8 Å². The highest BCUT2D eigenvalue weighted by Gasteiger charge is 2.11. The number of hydrogen-bond acceptors (Lipinski definition) is 2. The topological polar surface area (TPSA) is 46.2 Å². The fourth-order valence-corrected chi connectivity index (χ4v) is 2.60. The highest BCUT2D eigenvalue weighted by atomic mass is 35.5. The van der Waals surface area contributed by atoms with Crippen molar-refractivity contribution in [1.82, 2.24) is 0 Å². The lowest BCUT2D eigenvalue weighted by Gasteiger charge is -2.14. The lowest BCUT2D eigenvalue weighted by molar-refractivity contribution is 0.474. The fraction of sp³-hybridized carbons (Fsp3) is 0.200. The number of hydrogen-bond donors (Lipinski definition) is 2. The molecular formula is C15H15Cl2NO. The van der Waals surface area contributed by atoms with E-state index in [9.17, 15) is 5.11 Å². The van der Waals surface area contributed by atoms with Gasteiger partial charge in [0, 0.05) is 16.1 Å². The van der Waals surface area contributed by atoms with Gasteiger partial charge in [-0.25, -0.2) is 0 Å². The molecule has 19 heavy (non-hydrogen) atoms. The molecule has 0 amide bonds. The van der Waals surface area contributed by atoms with Crippen LogP contribution in [0, 0.1) is 0 Å². The molecular weight excluding hydrogens is 281 g/mol. The summed E-state index contributed by atoms with van der Waals surface area (Å²) in [6, 6.07) is 12.4. The molecule has 0 aliphatic rings. The van der Waals surface area contributed by atoms with E-state index in [2.05, 4.69) is 0 Å². The molecule has 0 aliphatic heterocycles. The normalized spacial score (nSPS) is 12.4. The lowest BCUT2D eigenvalue weighted by Crippen LogP contribution is -2.25. The number of phenols is 1. The first-order valence-electron chi connectivity index (χ1n) is 6.02. The summed E-state index contributed by atoms with van der Waals surface area (Å²) in [6.07, 6.45) is 1.27. The quantitative estimate of drug-likeness (QED) is 0.901. The first kappa shape index (κ1) is 14.2. The Morgan fingerprint density at radius 1 is 1.00 bits per heavy atom. The Labute approximate surface area is 122 Å². The molecule has 0 aliphatic carbocycles. The van der Waals surface area contributed by atoms with Crippen molar-refractivity contribution in [3.63, 3.8) is 0 Å². The third-order valence-electron chi connectivity index (χ3n) is 2.94. The monoisotopic (exact) mass is 295 g/mol. The van der Waals surface area contributed by atoms with E-state index in [1.165, 1.54) is 0 Å². The molecule has 2 rings (SSSR count). The number of nitrogens with two attached hydrogens (primary N) is 1. The molecule has 0 heterocycles. The minimum absolute atomic E-state index is 0.0980. The minimum atomic E-state index is -0.0980. The molecule has 1 unspecified atom stereocenters. The van der Waals surface area contributed by atoms with Gasteiger partial charge in [0.15, 0.2) is 0 Å². The standard InChI is InChI=1S/C15H15Cl2NO/c16-14-5-2-6-15(17)13(14)9-11(18)7-10-3-1-4-12(19)8-10/h1-6,8,11,19H,7,9,18H2. The maximum Gasteiger partial charge on any atom is 0.115 e. The van der Waals surface area contributed by atoms with E-state index in [1.807, 2.05) is 24.3 Å². The van der Waals surface area contributed by atoms with E-state index < -0.39 is 0 Å². The molecule has 0 bridgehead atoms. The molecule has 2 aromatic rings. The highest BCUT2D eigenvalue weighted by Crippen LogP contribution is 2.26. The summed E-state index contributed by atoms with van der Waals surface area (Å²) in [5.41, 5.74) is 8.00. The second-order valence-corrected chi connectivity index (χ2v) is 5.35. The molecule has 0 saturated carbocycles. The van der Waals surface area contributed by atoms with E-state index in [0.717, 1.165) is 11.1 Å². The van der Waals surface area contributed by atoms with Gasteiger partial charge in [-0.3, -0.25) is 0 Å². The largest absolute Gasteiger partial charge is 0.508 e. The molecule has 0 aromatic heterocycles. The van der Waals surface area contributed by atoms with Crippen molar-refractivity contribution in [3.8, 4) is 5.75 Å². The Kier molecular flexibility index (Phi) is 4.70. The average Bonchev–Trinajstić information content (AvgIpc) is 2.34. The predicted octanol–water partition coefficient (Wildman–Crippen LogP) is 3.81. The van der Waals surface area contributed by atoms with Crippen LogP contribution in [0.5, 0.6) is 5.75 Å². The zero-order valence-electron chi connectivity index (χ0n) is 10.3. The maximum absolute atomic E-state index is 9.42. The molecule has 0 fully saturated rings. The van der Waals surface area contributed by atoms with E-state index in [0.29, 0.717) is 22.9 Å². The molecule has 0 saturated heterocycles. The van der Waals surface area contributed by atoms with Crippen LogP contribution in [0.15, 0.2) is 42.5 Å². The smallest absolute Gasteiger partial charge is 0.115 e. The molecule has 0 spiro atoms. The van der Waals surface area contributed by atoms with Crippen LogP contribution in [0.2, 0.25) is 10.0 Å². The van der Waals surface area contributed by atoms with Gasteiger partial charge in [0.05, 0.1) is 0 Å². The Morgan fingerprint density at radius 3 is 2.26 bits per heavy atom. The second-order valence-electron chi connectivity index (χ2n) is 4.54. The van der Waals surface area contributed by atoms with Gasteiger partial charge >= 0.3 is 0 Å². The zero-order chi connectivity index (χ0) is 13.8. The number of aromatic hydroxyl groups is 1. The zero-order valence-corrected chi connectivity index (χ0v) is 11.8. The van der Waals surface area contributed by atoms with Crippen LogP contribution in [0.25, 0.3) is 0 Å². The van der Waals surface area contributed by atoms with Crippen molar-refractivity contribution >= 4 is 23.2 Å². The van der Waals surface area contributed by atoms with Crippen molar-refractivity contribution in [1.29, 1.82) is 0 Å². The first-order valence-corrected chi connectivity index (χ1v) is 6.78. The van der Waals surface area contributed by atoms with Gasteiger partial charge in [-0.2, -0.15) is 0 Å². The summed E-state index contributed by atoms with van der Waals surface area (Å²) >= 11 is 12.2. The maximum atomic E-state index is 9.42. The van der Waals surface area contributed by atoms with Gasteiger partial charge in [0.25, 0.3) is 0 Å². The third kappa shape index (κ3) is 3.87.